The zero-order valence-electron chi connectivity index (χ0n) is 14.9. The lowest BCUT2D eigenvalue weighted by atomic mass is 10.0. The van der Waals surface area contributed by atoms with Gasteiger partial charge in [-0.3, -0.25) is 4.79 Å². The Bertz CT molecular complexity index is 977. The highest BCUT2D eigenvalue weighted by atomic mass is 16.5. The first-order valence-electron chi connectivity index (χ1n) is 8.27. The minimum atomic E-state index is -0.492. The molecule has 0 radical (unpaired) electrons. The first kappa shape index (κ1) is 17.9. The highest BCUT2D eigenvalue weighted by Gasteiger charge is 2.21. The minimum Gasteiger partial charge on any atom is -0.461 e. The van der Waals surface area contributed by atoms with Gasteiger partial charge in [-0.1, -0.05) is 12.1 Å². The van der Waals surface area contributed by atoms with Gasteiger partial charge in [-0.25, -0.2) is 9.78 Å². The number of pyridine rings is 1. The van der Waals surface area contributed by atoms with Gasteiger partial charge in [-0.05, 0) is 18.6 Å². The van der Waals surface area contributed by atoms with Gasteiger partial charge in [-0.2, -0.15) is 0 Å². The molecule has 3 aromatic rings. The molecule has 136 valence electrons. The molecule has 0 aliphatic heterocycles. The van der Waals surface area contributed by atoms with Crippen LogP contribution in [0.25, 0.3) is 21.8 Å². The molecule has 0 fully saturated rings. The van der Waals surface area contributed by atoms with E-state index in [1.807, 2.05) is 18.2 Å². The summed E-state index contributed by atoms with van der Waals surface area (Å²) in [6.07, 6.45) is 1.61. The number of benzene rings is 1. The molecule has 0 bridgehead atoms. The molecule has 3 rings (SSSR count). The quantitative estimate of drug-likeness (QED) is 0.683. The Hall–Kier alpha value is -2.93. The van der Waals surface area contributed by atoms with Gasteiger partial charge in [0.15, 0.2) is 5.69 Å². The van der Waals surface area contributed by atoms with Crippen molar-refractivity contribution in [3.63, 3.8) is 0 Å². The third-order valence-electron chi connectivity index (χ3n) is 4.04. The van der Waals surface area contributed by atoms with Crippen molar-refractivity contribution in [2.45, 2.75) is 27.1 Å². The van der Waals surface area contributed by atoms with Crippen LogP contribution in [0.4, 0.5) is 0 Å². The van der Waals surface area contributed by atoms with Gasteiger partial charge in [0.2, 0.25) is 0 Å². The number of rotatable bonds is 6. The van der Waals surface area contributed by atoms with E-state index in [4.69, 9.17) is 14.2 Å². The van der Waals surface area contributed by atoms with E-state index in [1.54, 1.807) is 20.2 Å². The van der Waals surface area contributed by atoms with Gasteiger partial charge in [0.25, 0.3) is 0 Å². The van der Waals surface area contributed by atoms with Gasteiger partial charge >= 0.3 is 11.9 Å². The molecule has 1 aromatic carbocycles. The standard InChI is InChI=1S/C19H20N2O5/c1-4-25-19(23)18-13(10-24-3)17-15(8-20-18)21-14-7-5-6-12(16(14)17)9-26-11(2)22/h5-8,21H,4,9-10H2,1-3H3. The van der Waals surface area contributed by atoms with Crippen molar-refractivity contribution in [2.75, 3.05) is 13.7 Å². The normalized spacial score (nSPS) is 11.0. The Labute approximate surface area is 150 Å². The predicted octanol–water partition coefficient (Wildman–Crippen LogP) is 3.10. The molecule has 0 saturated heterocycles. The highest BCUT2D eigenvalue weighted by Crippen LogP contribution is 2.33. The summed E-state index contributed by atoms with van der Waals surface area (Å²) in [7, 11) is 1.56. The summed E-state index contributed by atoms with van der Waals surface area (Å²) in [6, 6.07) is 5.69. The van der Waals surface area contributed by atoms with Gasteiger partial charge < -0.3 is 19.2 Å². The molecule has 0 aliphatic rings. The monoisotopic (exact) mass is 356 g/mol. The van der Waals surface area contributed by atoms with E-state index in [0.29, 0.717) is 5.56 Å². The van der Waals surface area contributed by atoms with Crippen molar-refractivity contribution in [3.05, 3.63) is 41.2 Å². The molecule has 0 spiro atoms. The van der Waals surface area contributed by atoms with Crippen LogP contribution in [0.1, 0.15) is 35.5 Å². The molecule has 2 aromatic heterocycles. The fraction of sp³-hybridized carbons (Fsp3) is 0.316. The summed E-state index contributed by atoms with van der Waals surface area (Å²) in [6.45, 7) is 3.72. The van der Waals surface area contributed by atoms with E-state index >= 15 is 0 Å². The lowest BCUT2D eigenvalue weighted by Crippen LogP contribution is -2.11. The van der Waals surface area contributed by atoms with E-state index in [1.165, 1.54) is 6.92 Å². The molecule has 0 atom stereocenters. The highest BCUT2D eigenvalue weighted by molar-refractivity contribution is 6.12. The fourth-order valence-electron chi connectivity index (χ4n) is 3.04. The fourth-order valence-corrected chi connectivity index (χ4v) is 3.04. The number of ether oxygens (including phenoxy) is 3. The van der Waals surface area contributed by atoms with E-state index in [-0.39, 0.29) is 31.5 Å². The largest absolute Gasteiger partial charge is 0.461 e. The number of hydrogen-bond acceptors (Lipinski definition) is 6. The van der Waals surface area contributed by atoms with E-state index in [9.17, 15) is 9.59 Å². The van der Waals surface area contributed by atoms with E-state index in [0.717, 1.165) is 27.4 Å². The summed E-state index contributed by atoms with van der Waals surface area (Å²) in [5.74, 6) is -0.846. The molecule has 0 aliphatic carbocycles. The Morgan fingerprint density at radius 3 is 2.62 bits per heavy atom. The zero-order valence-corrected chi connectivity index (χ0v) is 14.9. The number of nitrogens with zero attached hydrogens (tertiary/aromatic N) is 1. The Kier molecular flexibility index (Phi) is 5.18. The van der Waals surface area contributed by atoms with Crippen LogP contribution >= 0.6 is 0 Å². The number of carbonyl (C=O) groups is 2. The number of esters is 2. The molecule has 7 heteroatoms. The molecule has 26 heavy (non-hydrogen) atoms. The van der Waals surface area contributed by atoms with Crippen molar-refractivity contribution in [1.29, 1.82) is 0 Å². The second-order valence-electron chi connectivity index (χ2n) is 5.77. The number of hydrogen-bond donors (Lipinski definition) is 1. The molecule has 0 saturated carbocycles. The maximum Gasteiger partial charge on any atom is 0.357 e. The first-order valence-corrected chi connectivity index (χ1v) is 8.27. The zero-order chi connectivity index (χ0) is 18.7. The molecule has 0 unspecified atom stereocenters. The molecule has 7 nitrogen and oxygen atoms in total. The average Bonchev–Trinajstić information content (AvgIpc) is 3.00. The van der Waals surface area contributed by atoms with Gasteiger partial charge in [0.1, 0.15) is 6.61 Å². The third kappa shape index (κ3) is 3.25. The number of methoxy groups -OCH3 is 1. The third-order valence-corrected chi connectivity index (χ3v) is 4.04. The summed E-state index contributed by atoms with van der Waals surface area (Å²) < 4.78 is 15.6. The summed E-state index contributed by atoms with van der Waals surface area (Å²) >= 11 is 0. The van der Waals surface area contributed by atoms with Gasteiger partial charge in [0, 0.05) is 35.9 Å². The Morgan fingerprint density at radius 2 is 1.92 bits per heavy atom. The number of aromatic nitrogens is 2. The Balaban J connectivity index is 2.28. The summed E-state index contributed by atoms with van der Waals surface area (Å²) in [5.41, 5.74) is 3.34. The summed E-state index contributed by atoms with van der Waals surface area (Å²) in [4.78, 5) is 31.1. The van der Waals surface area contributed by atoms with Crippen molar-refractivity contribution in [2.24, 2.45) is 0 Å². The van der Waals surface area contributed by atoms with Crippen LogP contribution in [0.3, 0.4) is 0 Å². The van der Waals surface area contributed by atoms with Crippen molar-refractivity contribution in [3.8, 4) is 0 Å². The van der Waals surface area contributed by atoms with Crippen LogP contribution in [-0.4, -0.2) is 35.6 Å². The number of aromatic amines is 1. The van der Waals surface area contributed by atoms with Gasteiger partial charge in [-0.15, -0.1) is 0 Å². The van der Waals surface area contributed by atoms with Crippen molar-refractivity contribution >= 4 is 33.7 Å². The second kappa shape index (κ2) is 7.53. The molecule has 2 heterocycles. The SMILES string of the molecule is CCOC(=O)c1ncc2[nH]c3cccc(COC(C)=O)c3c2c1COC. The van der Waals surface area contributed by atoms with E-state index < -0.39 is 5.97 Å². The molecule has 0 amide bonds. The average molecular weight is 356 g/mol. The van der Waals surface area contributed by atoms with Crippen LogP contribution in [0.15, 0.2) is 24.4 Å². The topological polar surface area (TPSA) is 90.5 Å². The predicted molar refractivity (Wildman–Crippen MR) is 95.7 cm³/mol. The van der Waals surface area contributed by atoms with Crippen LogP contribution in [0.5, 0.6) is 0 Å². The maximum atomic E-state index is 12.3. The lowest BCUT2D eigenvalue weighted by molar-refractivity contribution is -0.142. The maximum absolute atomic E-state index is 12.3. The number of nitrogens with one attached hydrogen (secondary N) is 1. The van der Waals surface area contributed by atoms with Gasteiger partial charge in [0.05, 0.1) is 24.9 Å². The summed E-state index contributed by atoms with van der Waals surface area (Å²) in [5, 5.41) is 1.70. The first-order chi connectivity index (χ1) is 12.6. The molecule has 1 N–H and O–H groups in total. The van der Waals surface area contributed by atoms with E-state index in [2.05, 4.69) is 9.97 Å². The van der Waals surface area contributed by atoms with Crippen LogP contribution in [0.2, 0.25) is 0 Å². The van der Waals surface area contributed by atoms with Crippen LogP contribution < -0.4 is 0 Å². The number of H-pyrrole nitrogens is 1. The smallest absolute Gasteiger partial charge is 0.357 e. The lowest BCUT2D eigenvalue weighted by Gasteiger charge is -2.10. The molecular formula is C19H20N2O5. The van der Waals surface area contributed by atoms with Crippen LogP contribution in [0, 0.1) is 0 Å². The number of fused-ring (bicyclic) bond motifs is 3. The molecular weight excluding hydrogens is 336 g/mol. The number of carbonyl (C=O) groups excluding carboxylic acids is 2. The van der Waals surface area contributed by atoms with Crippen LogP contribution in [-0.2, 0) is 32.2 Å². The second-order valence-corrected chi connectivity index (χ2v) is 5.77. The van der Waals surface area contributed by atoms with Crippen molar-refractivity contribution in [1.82, 2.24) is 9.97 Å². The minimum absolute atomic E-state index is 0.142. The Morgan fingerprint density at radius 1 is 1.12 bits per heavy atom. The van der Waals surface area contributed by atoms with Crippen molar-refractivity contribution < 1.29 is 23.8 Å².